The number of para-hydroxylation sites is 1. The fourth-order valence-electron chi connectivity index (χ4n) is 2.03. The van der Waals surface area contributed by atoms with Crippen LogP contribution in [0.1, 0.15) is 16.2 Å². The third-order valence-electron chi connectivity index (χ3n) is 3.15. The Balaban J connectivity index is 1.86. The minimum absolute atomic E-state index is 0.284. The molecular weight excluding hydrogens is 296 g/mol. The van der Waals surface area contributed by atoms with Gasteiger partial charge < -0.3 is 14.6 Å². The summed E-state index contributed by atoms with van der Waals surface area (Å²) in [5, 5.41) is 6.71. The smallest absolute Gasteiger partial charge is 0.257 e. The van der Waals surface area contributed by atoms with Gasteiger partial charge in [-0.2, -0.15) is 4.98 Å². The first-order valence-electron chi connectivity index (χ1n) is 6.88. The summed E-state index contributed by atoms with van der Waals surface area (Å²) in [6.07, 6.45) is 1.45. The summed E-state index contributed by atoms with van der Waals surface area (Å²) >= 11 is 0. The van der Waals surface area contributed by atoms with Crippen molar-refractivity contribution < 1.29 is 14.1 Å². The van der Waals surface area contributed by atoms with E-state index < -0.39 is 0 Å². The number of ether oxygens (including phenoxy) is 1. The molecule has 0 aliphatic carbocycles. The number of nitrogens with zero attached hydrogens (tertiary/aromatic N) is 3. The molecule has 0 unspecified atom stereocenters. The number of methoxy groups -OCH3 is 1. The van der Waals surface area contributed by atoms with E-state index in [2.05, 4.69) is 20.4 Å². The number of aromatic nitrogens is 3. The van der Waals surface area contributed by atoms with Crippen LogP contribution in [0.15, 0.2) is 47.1 Å². The van der Waals surface area contributed by atoms with Gasteiger partial charge in [0.05, 0.1) is 18.4 Å². The zero-order valence-electron chi connectivity index (χ0n) is 12.6. The molecule has 0 aliphatic heterocycles. The van der Waals surface area contributed by atoms with Gasteiger partial charge in [0.2, 0.25) is 17.6 Å². The van der Waals surface area contributed by atoms with Gasteiger partial charge in [-0.25, -0.2) is 4.98 Å². The number of amides is 1. The Morgan fingerprint density at radius 1 is 1.22 bits per heavy atom. The first-order valence-corrected chi connectivity index (χ1v) is 6.88. The molecule has 1 amide bonds. The maximum Gasteiger partial charge on any atom is 0.257 e. The number of rotatable bonds is 4. The van der Waals surface area contributed by atoms with Crippen LogP contribution in [0.2, 0.25) is 0 Å². The first-order chi connectivity index (χ1) is 11.2. The molecule has 1 aromatic carbocycles. The van der Waals surface area contributed by atoms with Crippen LogP contribution in [0.25, 0.3) is 11.4 Å². The Kier molecular flexibility index (Phi) is 4.01. The van der Waals surface area contributed by atoms with Crippen molar-refractivity contribution in [1.82, 2.24) is 15.1 Å². The van der Waals surface area contributed by atoms with Crippen molar-refractivity contribution in [3.63, 3.8) is 0 Å². The van der Waals surface area contributed by atoms with Gasteiger partial charge in [-0.1, -0.05) is 17.3 Å². The second kappa shape index (κ2) is 6.27. The fourth-order valence-corrected chi connectivity index (χ4v) is 2.03. The lowest BCUT2D eigenvalue weighted by molar-refractivity contribution is 0.102. The highest BCUT2D eigenvalue weighted by molar-refractivity contribution is 6.05. The second-order valence-electron chi connectivity index (χ2n) is 4.73. The first kappa shape index (κ1) is 14.7. The number of nitrogens with one attached hydrogen (secondary N) is 1. The highest BCUT2D eigenvalue weighted by Gasteiger charge is 2.14. The molecule has 7 heteroatoms. The van der Waals surface area contributed by atoms with Crippen LogP contribution < -0.4 is 10.1 Å². The summed E-state index contributed by atoms with van der Waals surface area (Å²) in [7, 11) is 1.52. The monoisotopic (exact) mass is 310 g/mol. The number of hydrogen-bond acceptors (Lipinski definition) is 6. The predicted molar refractivity (Wildman–Crippen MR) is 83.2 cm³/mol. The third-order valence-corrected chi connectivity index (χ3v) is 3.15. The van der Waals surface area contributed by atoms with Crippen molar-refractivity contribution in [2.45, 2.75) is 6.92 Å². The van der Waals surface area contributed by atoms with Crippen LogP contribution in [0, 0.1) is 6.92 Å². The number of anilines is 1. The topological polar surface area (TPSA) is 90.1 Å². The number of aryl methyl sites for hydroxylation is 1. The molecule has 2 aromatic heterocycles. The highest BCUT2D eigenvalue weighted by Crippen LogP contribution is 2.25. The predicted octanol–water partition coefficient (Wildman–Crippen LogP) is 2.70. The minimum Gasteiger partial charge on any atom is -0.481 e. The summed E-state index contributed by atoms with van der Waals surface area (Å²) in [6.45, 7) is 1.71. The third kappa shape index (κ3) is 3.18. The molecular formula is C16H14N4O3. The Hall–Kier alpha value is -3.22. The van der Waals surface area contributed by atoms with E-state index in [9.17, 15) is 4.79 Å². The summed E-state index contributed by atoms with van der Waals surface area (Å²) < 4.78 is 9.97. The number of pyridine rings is 1. The molecule has 116 valence electrons. The van der Waals surface area contributed by atoms with E-state index in [0.29, 0.717) is 34.4 Å². The molecule has 1 N–H and O–H groups in total. The molecule has 0 saturated heterocycles. The summed E-state index contributed by atoms with van der Waals surface area (Å²) in [4.78, 5) is 20.6. The molecule has 3 aromatic rings. The van der Waals surface area contributed by atoms with Gasteiger partial charge in [-0.3, -0.25) is 4.79 Å². The van der Waals surface area contributed by atoms with Crippen LogP contribution >= 0.6 is 0 Å². The number of carbonyl (C=O) groups is 1. The van der Waals surface area contributed by atoms with Gasteiger partial charge in [-0.05, 0) is 18.2 Å². The van der Waals surface area contributed by atoms with Crippen LogP contribution in [-0.2, 0) is 0 Å². The molecule has 0 spiro atoms. The van der Waals surface area contributed by atoms with Crippen LogP contribution in [-0.4, -0.2) is 28.1 Å². The van der Waals surface area contributed by atoms with Crippen molar-refractivity contribution in [3.05, 3.63) is 54.0 Å². The Morgan fingerprint density at radius 3 is 2.70 bits per heavy atom. The normalized spacial score (nSPS) is 10.3. The Labute approximate surface area is 132 Å². The molecule has 0 fully saturated rings. The molecule has 0 saturated carbocycles. The van der Waals surface area contributed by atoms with Gasteiger partial charge in [-0.15, -0.1) is 0 Å². The van der Waals surface area contributed by atoms with E-state index >= 15 is 0 Å². The maximum atomic E-state index is 12.3. The maximum absolute atomic E-state index is 12.3. The molecule has 23 heavy (non-hydrogen) atoms. The van der Waals surface area contributed by atoms with E-state index in [1.165, 1.54) is 13.3 Å². The van der Waals surface area contributed by atoms with Crippen molar-refractivity contribution in [1.29, 1.82) is 0 Å². The highest BCUT2D eigenvalue weighted by atomic mass is 16.5. The number of benzene rings is 1. The summed E-state index contributed by atoms with van der Waals surface area (Å²) in [5.41, 5.74) is 1.69. The SMILES string of the molecule is COc1ccc(C(=O)Nc2ccccc2-c2noc(C)n2)cn1. The molecule has 0 radical (unpaired) electrons. The largest absolute Gasteiger partial charge is 0.481 e. The van der Waals surface area contributed by atoms with Crippen molar-refractivity contribution in [2.75, 3.05) is 12.4 Å². The van der Waals surface area contributed by atoms with Gasteiger partial charge >= 0.3 is 0 Å². The van der Waals surface area contributed by atoms with E-state index in [1.807, 2.05) is 18.2 Å². The lowest BCUT2D eigenvalue weighted by Crippen LogP contribution is -2.13. The van der Waals surface area contributed by atoms with Crippen molar-refractivity contribution in [3.8, 4) is 17.3 Å². The van der Waals surface area contributed by atoms with Gasteiger partial charge in [0, 0.05) is 24.8 Å². The molecule has 0 aliphatic rings. The molecule has 0 bridgehead atoms. The molecule has 2 heterocycles. The van der Waals surface area contributed by atoms with Crippen LogP contribution in [0.4, 0.5) is 5.69 Å². The van der Waals surface area contributed by atoms with E-state index in [4.69, 9.17) is 9.26 Å². The quantitative estimate of drug-likeness (QED) is 0.797. The van der Waals surface area contributed by atoms with Crippen LogP contribution in [0.5, 0.6) is 5.88 Å². The van der Waals surface area contributed by atoms with Crippen molar-refractivity contribution in [2.24, 2.45) is 0 Å². The van der Waals surface area contributed by atoms with Gasteiger partial charge in [0.25, 0.3) is 5.91 Å². The molecule has 7 nitrogen and oxygen atoms in total. The Morgan fingerprint density at radius 2 is 2.04 bits per heavy atom. The van der Waals surface area contributed by atoms with E-state index in [1.54, 1.807) is 25.1 Å². The standard InChI is InChI=1S/C16H14N4O3/c1-10-18-15(20-23-10)12-5-3-4-6-13(12)19-16(21)11-7-8-14(22-2)17-9-11/h3-9H,1-2H3,(H,19,21). The molecule has 3 rings (SSSR count). The van der Waals surface area contributed by atoms with Crippen LogP contribution in [0.3, 0.4) is 0 Å². The zero-order chi connectivity index (χ0) is 16.2. The average Bonchev–Trinajstić information content (AvgIpc) is 3.01. The fraction of sp³-hybridized carbons (Fsp3) is 0.125. The van der Waals surface area contributed by atoms with Crippen molar-refractivity contribution >= 4 is 11.6 Å². The average molecular weight is 310 g/mol. The summed E-state index contributed by atoms with van der Waals surface area (Å²) in [6, 6.07) is 10.5. The van der Waals surface area contributed by atoms with E-state index in [-0.39, 0.29) is 5.91 Å². The van der Waals surface area contributed by atoms with E-state index in [0.717, 1.165) is 0 Å². The van der Waals surface area contributed by atoms with Gasteiger partial charge in [0.15, 0.2) is 0 Å². The molecule has 0 atom stereocenters. The zero-order valence-corrected chi connectivity index (χ0v) is 12.6. The second-order valence-corrected chi connectivity index (χ2v) is 4.73. The Bertz CT molecular complexity index is 827. The number of hydrogen-bond donors (Lipinski definition) is 1. The number of carbonyl (C=O) groups excluding carboxylic acids is 1. The minimum atomic E-state index is -0.284. The lowest BCUT2D eigenvalue weighted by Gasteiger charge is -2.08. The lowest BCUT2D eigenvalue weighted by atomic mass is 10.1. The summed E-state index contributed by atoms with van der Waals surface area (Å²) in [5.74, 6) is 1.05. The van der Waals surface area contributed by atoms with Gasteiger partial charge in [0.1, 0.15) is 0 Å².